The van der Waals surface area contributed by atoms with E-state index in [2.05, 4.69) is 20.8 Å². The van der Waals surface area contributed by atoms with Crippen LogP contribution >= 0.6 is 0 Å². The number of hydrogen-bond acceptors (Lipinski definition) is 6. The van der Waals surface area contributed by atoms with Crippen molar-refractivity contribution in [1.29, 1.82) is 0 Å². The Balaban J connectivity index is 5.58. The molecule has 0 aromatic heterocycles. The molecule has 0 radical (unpaired) electrons. The van der Waals surface area contributed by atoms with Crippen LogP contribution in [0.15, 0.2) is 0 Å². The zero-order chi connectivity index (χ0) is 26.4. The number of unbranched alkanes of at least 4 members (excludes halogenated alkanes) is 13. The number of rotatable bonds is 25. The van der Waals surface area contributed by atoms with E-state index in [0.717, 1.165) is 83.5 Å². The van der Waals surface area contributed by atoms with Gasteiger partial charge in [-0.05, 0) is 19.3 Å². The molecule has 0 fully saturated rings. The molecule has 0 heterocycles. The van der Waals surface area contributed by atoms with Crippen LogP contribution in [0.2, 0.25) is 0 Å². The van der Waals surface area contributed by atoms with Gasteiger partial charge in [0, 0.05) is 12.8 Å². The number of esters is 1. The fourth-order valence-corrected chi connectivity index (χ4v) is 4.49. The van der Waals surface area contributed by atoms with Gasteiger partial charge in [-0.2, -0.15) is 0 Å². The minimum absolute atomic E-state index is 0.175. The van der Waals surface area contributed by atoms with Gasteiger partial charge in [-0.3, -0.25) is 14.4 Å². The topological polar surface area (TPSA) is 101 Å². The monoisotopic (exact) mass is 498 g/mol. The van der Waals surface area contributed by atoms with Crippen LogP contribution in [0.1, 0.15) is 143 Å². The summed E-state index contributed by atoms with van der Waals surface area (Å²) < 4.78 is 5.30. The fraction of sp³-hybridized carbons (Fsp3) is 0.897. The van der Waals surface area contributed by atoms with E-state index in [1.807, 2.05) is 0 Å². The van der Waals surface area contributed by atoms with Crippen LogP contribution < -0.4 is 0 Å². The van der Waals surface area contributed by atoms with E-state index < -0.39 is 30.7 Å². The van der Waals surface area contributed by atoms with Crippen LogP contribution in [-0.2, 0) is 19.1 Å². The van der Waals surface area contributed by atoms with E-state index in [9.17, 15) is 19.5 Å². The van der Waals surface area contributed by atoms with Crippen molar-refractivity contribution in [3.05, 3.63) is 0 Å². The lowest BCUT2D eigenvalue weighted by atomic mass is 9.72. The third-order valence-corrected chi connectivity index (χ3v) is 6.84. The Morgan fingerprint density at radius 2 is 1.06 bits per heavy atom. The van der Waals surface area contributed by atoms with Gasteiger partial charge in [-0.25, -0.2) is 0 Å². The lowest BCUT2D eigenvalue weighted by molar-refractivity contribution is -0.168. The maximum atomic E-state index is 13.6. The highest BCUT2D eigenvalue weighted by Crippen LogP contribution is 2.34. The Kier molecular flexibility index (Phi) is 21.2. The number of carbonyl (C=O) groups is 3. The predicted octanol–water partition coefficient (Wildman–Crippen LogP) is 6.48. The van der Waals surface area contributed by atoms with E-state index in [0.29, 0.717) is 19.3 Å². The highest BCUT2D eigenvalue weighted by molar-refractivity contribution is 6.22. The van der Waals surface area contributed by atoms with E-state index in [1.54, 1.807) is 0 Å². The van der Waals surface area contributed by atoms with E-state index in [-0.39, 0.29) is 30.8 Å². The second-order valence-corrected chi connectivity index (χ2v) is 10.0. The predicted molar refractivity (Wildman–Crippen MR) is 141 cm³/mol. The molecule has 2 N–H and O–H groups in total. The Hall–Kier alpha value is -1.27. The molecule has 6 nitrogen and oxygen atoms in total. The molecule has 0 spiro atoms. The summed E-state index contributed by atoms with van der Waals surface area (Å²) in [4.78, 5) is 40.5. The van der Waals surface area contributed by atoms with Gasteiger partial charge < -0.3 is 14.9 Å². The van der Waals surface area contributed by atoms with Crippen molar-refractivity contribution in [3.63, 3.8) is 0 Å². The Labute approximate surface area is 214 Å². The highest BCUT2D eigenvalue weighted by Gasteiger charge is 2.51. The first-order chi connectivity index (χ1) is 16.9. The summed E-state index contributed by atoms with van der Waals surface area (Å²) in [7, 11) is 0. The van der Waals surface area contributed by atoms with Crippen molar-refractivity contribution in [2.24, 2.45) is 5.41 Å². The van der Waals surface area contributed by atoms with Crippen LogP contribution in [0.3, 0.4) is 0 Å². The molecule has 1 atom stereocenters. The second kappa shape index (κ2) is 22.0. The van der Waals surface area contributed by atoms with Gasteiger partial charge in [-0.1, -0.05) is 111 Å². The number of aliphatic hydroxyl groups is 2. The quantitative estimate of drug-likeness (QED) is 0.0849. The van der Waals surface area contributed by atoms with Gasteiger partial charge in [0.15, 0.2) is 17.0 Å². The van der Waals surface area contributed by atoms with E-state index >= 15 is 0 Å². The van der Waals surface area contributed by atoms with E-state index in [1.165, 1.54) is 0 Å². The number of Topliss-reactive ketones (excluding diaryl/α,β-unsaturated/α-hetero) is 2. The summed E-state index contributed by atoms with van der Waals surface area (Å²) in [5.41, 5.74) is -1.78. The molecule has 0 aromatic carbocycles. The summed E-state index contributed by atoms with van der Waals surface area (Å²) in [5, 5.41) is 18.8. The number of hydrogen-bond donors (Lipinski definition) is 2. The van der Waals surface area contributed by atoms with Crippen molar-refractivity contribution < 1.29 is 29.3 Å². The van der Waals surface area contributed by atoms with Crippen molar-refractivity contribution in [3.8, 4) is 0 Å². The number of aliphatic hydroxyl groups excluding tert-OH is 2. The summed E-state index contributed by atoms with van der Waals surface area (Å²) in [6.45, 7) is 5.45. The first kappa shape index (κ1) is 33.7. The van der Waals surface area contributed by atoms with Crippen LogP contribution in [0, 0.1) is 5.41 Å². The van der Waals surface area contributed by atoms with Crippen molar-refractivity contribution in [1.82, 2.24) is 0 Å². The molecular weight excluding hydrogens is 444 g/mol. The first-order valence-corrected chi connectivity index (χ1v) is 14.4. The molecule has 1 unspecified atom stereocenters. The number of carbonyl (C=O) groups excluding carboxylic acids is 3. The average molecular weight is 499 g/mol. The van der Waals surface area contributed by atoms with Gasteiger partial charge in [-0.15, -0.1) is 0 Å². The van der Waals surface area contributed by atoms with Crippen LogP contribution in [-0.4, -0.2) is 47.1 Å². The summed E-state index contributed by atoms with van der Waals surface area (Å²) >= 11 is 0. The number of ketones is 2. The molecule has 0 saturated heterocycles. The van der Waals surface area contributed by atoms with E-state index in [4.69, 9.17) is 9.84 Å². The minimum atomic E-state index is -1.78. The fourth-order valence-electron chi connectivity index (χ4n) is 4.49. The minimum Gasteiger partial charge on any atom is -0.462 e. The average Bonchev–Trinajstić information content (AvgIpc) is 2.86. The second-order valence-electron chi connectivity index (χ2n) is 10.0. The molecule has 206 valence electrons. The number of ether oxygens (including phenoxy) is 1. The van der Waals surface area contributed by atoms with Crippen LogP contribution in [0.25, 0.3) is 0 Å². The normalized spacial score (nSPS) is 12.5. The lowest BCUT2D eigenvalue weighted by Crippen LogP contribution is -2.48. The van der Waals surface area contributed by atoms with Crippen molar-refractivity contribution in [2.75, 3.05) is 13.2 Å². The smallest absolute Gasteiger partial charge is 0.327 e. The summed E-state index contributed by atoms with van der Waals surface area (Å²) in [5.74, 6) is -1.50. The molecule has 0 rings (SSSR count). The van der Waals surface area contributed by atoms with Gasteiger partial charge in [0.05, 0.1) is 6.61 Å². The Morgan fingerprint density at radius 1 is 0.657 bits per heavy atom. The van der Waals surface area contributed by atoms with Gasteiger partial charge in [0.2, 0.25) is 0 Å². The summed E-state index contributed by atoms with van der Waals surface area (Å²) in [6, 6.07) is 0. The summed E-state index contributed by atoms with van der Waals surface area (Å²) in [6.07, 6.45) is 14.8. The van der Waals surface area contributed by atoms with Gasteiger partial charge >= 0.3 is 5.97 Å². The maximum Gasteiger partial charge on any atom is 0.327 e. The molecule has 0 aliphatic carbocycles. The van der Waals surface area contributed by atoms with Gasteiger partial charge in [0.25, 0.3) is 0 Å². The molecule has 0 saturated carbocycles. The largest absolute Gasteiger partial charge is 0.462 e. The molecule has 0 aliphatic heterocycles. The van der Waals surface area contributed by atoms with Gasteiger partial charge in [0.1, 0.15) is 12.7 Å². The zero-order valence-electron chi connectivity index (χ0n) is 23.0. The third kappa shape index (κ3) is 14.2. The third-order valence-electron chi connectivity index (χ3n) is 6.84. The first-order valence-electron chi connectivity index (χ1n) is 14.4. The van der Waals surface area contributed by atoms with Crippen LogP contribution in [0.4, 0.5) is 0 Å². The SMILES string of the molecule is CCCCCCCCC(C(=O)CCCCCCC)(C(=O)CCCCCCC)C(=O)OCC(O)CO. The highest BCUT2D eigenvalue weighted by atomic mass is 16.5. The molecule has 0 aromatic rings. The van der Waals surface area contributed by atoms with Crippen molar-refractivity contribution >= 4 is 17.5 Å². The molecule has 6 heteroatoms. The maximum absolute atomic E-state index is 13.6. The van der Waals surface area contributed by atoms with Crippen LogP contribution in [0.5, 0.6) is 0 Å². The molecule has 0 amide bonds. The lowest BCUT2D eigenvalue weighted by Gasteiger charge is -2.29. The molecule has 35 heavy (non-hydrogen) atoms. The Bertz CT molecular complexity index is 533. The Morgan fingerprint density at radius 3 is 1.49 bits per heavy atom. The zero-order valence-corrected chi connectivity index (χ0v) is 23.0. The van der Waals surface area contributed by atoms with Crippen molar-refractivity contribution in [2.45, 2.75) is 149 Å². The standard InChI is InChI=1S/C29H54O6/c1-4-7-10-13-16-19-22-29(28(34)35-24-25(31)23-30,26(32)20-17-14-11-8-5-2)27(33)21-18-15-12-9-6-3/h25,30-31H,4-24H2,1-3H3. The molecular formula is C29H54O6. The molecule has 0 aliphatic rings. The molecule has 0 bridgehead atoms.